The molecule has 0 aromatic carbocycles. The van der Waals surface area contributed by atoms with Gasteiger partial charge in [-0.1, -0.05) is 25.4 Å². The minimum absolute atomic E-state index is 0.175. The van der Waals surface area contributed by atoms with Gasteiger partial charge in [-0.3, -0.25) is 4.79 Å². The van der Waals surface area contributed by atoms with Crippen LogP contribution in [0.25, 0.3) is 0 Å². The van der Waals surface area contributed by atoms with E-state index in [1.54, 1.807) is 26.4 Å². The number of amides is 1. The summed E-state index contributed by atoms with van der Waals surface area (Å²) in [6.07, 6.45) is -0.175. The Morgan fingerprint density at radius 2 is 2.10 bits per heavy atom. The number of rotatable bonds is 7. The molecule has 0 aliphatic heterocycles. The van der Waals surface area contributed by atoms with Crippen molar-refractivity contribution in [2.45, 2.75) is 25.9 Å². The molecular formula is C14H21ClN2O3. The number of nitrogens with one attached hydrogen (secondary N) is 1. The number of carbonyl (C=O) groups excluding carboxylic acids is 1. The monoisotopic (exact) mass is 300 g/mol. The lowest BCUT2D eigenvalue weighted by atomic mass is 10.1. The number of ether oxygens (including phenoxy) is 2. The van der Waals surface area contributed by atoms with E-state index >= 15 is 0 Å². The molecule has 0 saturated carbocycles. The molecular weight excluding hydrogens is 280 g/mol. The lowest BCUT2D eigenvalue weighted by Gasteiger charge is -2.15. The van der Waals surface area contributed by atoms with Crippen LogP contribution in [0.4, 0.5) is 0 Å². The van der Waals surface area contributed by atoms with E-state index < -0.39 is 0 Å². The average molecular weight is 301 g/mol. The van der Waals surface area contributed by atoms with Crippen molar-refractivity contribution in [1.82, 2.24) is 10.3 Å². The predicted molar refractivity (Wildman–Crippen MR) is 78.3 cm³/mol. The molecule has 1 aromatic heterocycles. The van der Waals surface area contributed by atoms with Crippen LogP contribution in [0.5, 0.6) is 0 Å². The largest absolute Gasteiger partial charge is 0.382 e. The minimum atomic E-state index is -0.200. The van der Waals surface area contributed by atoms with E-state index in [0.29, 0.717) is 23.9 Å². The van der Waals surface area contributed by atoms with Gasteiger partial charge in [0.2, 0.25) is 0 Å². The van der Waals surface area contributed by atoms with Crippen LogP contribution in [0.2, 0.25) is 5.15 Å². The van der Waals surface area contributed by atoms with Gasteiger partial charge in [0.15, 0.2) is 0 Å². The molecule has 0 radical (unpaired) electrons. The first-order chi connectivity index (χ1) is 9.47. The van der Waals surface area contributed by atoms with Crippen LogP contribution in [0.15, 0.2) is 12.1 Å². The third kappa shape index (κ3) is 5.07. The minimum Gasteiger partial charge on any atom is -0.382 e. The maximum absolute atomic E-state index is 12.1. The number of aromatic nitrogens is 1. The molecule has 0 aliphatic rings. The lowest BCUT2D eigenvalue weighted by Crippen LogP contribution is -2.35. The van der Waals surface area contributed by atoms with Gasteiger partial charge in [-0.15, -0.1) is 0 Å². The predicted octanol–water partition coefficient (Wildman–Crippen LogP) is 2.25. The van der Waals surface area contributed by atoms with Crippen molar-refractivity contribution in [3.05, 3.63) is 28.5 Å². The van der Waals surface area contributed by atoms with Gasteiger partial charge in [0.1, 0.15) is 5.15 Å². The standard InChI is InChI=1S/C14H21ClN2O3/c1-9(2)12-5-10(6-13(15)17-12)14(18)16-7-11(20-4)8-19-3/h5-6,9,11H,7-8H2,1-4H3,(H,16,18). The molecule has 0 fully saturated rings. The van der Waals surface area contributed by atoms with Crippen molar-refractivity contribution < 1.29 is 14.3 Å². The summed E-state index contributed by atoms with van der Waals surface area (Å²) < 4.78 is 10.2. The number of methoxy groups -OCH3 is 2. The van der Waals surface area contributed by atoms with E-state index in [9.17, 15) is 4.79 Å². The van der Waals surface area contributed by atoms with Crippen LogP contribution < -0.4 is 5.32 Å². The lowest BCUT2D eigenvalue weighted by molar-refractivity contribution is 0.0285. The third-order valence-electron chi connectivity index (χ3n) is 2.84. The van der Waals surface area contributed by atoms with Gasteiger partial charge in [0.25, 0.3) is 5.91 Å². The zero-order valence-electron chi connectivity index (χ0n) is 12.3. The zero-order valence-corrected chi connectivity index (χ0v) is 13.0. The Kier molecular flexibility index (Phi) is 6.91. The van der Waals surface area contributed by atoms with Crippen LogP contribution in [-0.4, -0.2) is 44.4 Å². The van der Waals surface area contributed by atoms with Gasteiger partial charge in [-0.2, -0.15) is 0 Å². The number of halogens is 1. The summed E-state index contributed by atoms with van der Waals surface area (Å²) in [6.45, 7) is 4.80. The molecule has 1 amide bonds. The van der Waals surface area contributed by atoms with E-state index in [4.69, 9.17) is 21.1 Å². The molecule has 0 aliphatic carbocycles. The highest BCUT2D eigenvalue weighted by atomic mass is 35.5. The molecule has 0 spiro atoms. The van der Waals surface area contributed by atoms with E-state index in [0.717, 1.165) is 5.69 Å². The highest BCUT2D eigenvalue weighted by molar-refractivity contribution is 6.29. The second-order valence-electron chi connectivity index (χ2n) is 4.78. The molecule has 0 saturated heterocycles. The molecule has 0 bridgehead atoms. The fourth-order valence-corrected chi connectivity index (χ4v) is 1.86. The van der Waals surface area contributed by atoms with Gasteiger partial charge >= 0.3 is 0 Å². The second kappa shape index (κ2) is 8.19. The average Bonchev–Trinajstić information content (AvgIpc) is 2.42. The summed E-state index contributed by atoms with van der Waals surface area (Å²) in [7, 11) is 3.17. The highest BCUT2D eigenvalue weighted by Gasteiger charge is 2.13. The van der Waals surface area contributed by atoms with Crippen molar-refractivity contribution in [2.24, 2.45) is 0 Å². The van der Waals surface area contributed by atoms with Crippen LogP contribution in [0.1, 0.15) is 35.8 Å². The normalized spacial score (nSPS) is 12.5. The number of carbonyl (C=O) groups is 1. The quantitative estimate of drug-likeness (QED) is 0.785. The van der Waals surface area contributed by atoms with E-state index in [-0.39, 0.29) is 17.9 Å². The third-order valence-corrected chi connectivity index (χ3v) is 3.04. The number of hydrogen-bond donors (Lipinski definition) is 1. The van der Waals surface area contributed by atoms with Gasteiger partial charge < -0.3 is 14.8 Å². The Morgan fingerprint density at radius 1 is 1.40 bits per heavy atom. The summed E-state index contributed by atoms with van der Waals surface area (Å²) in [5, 5.41) is 3.12. The summed E-state index contributed by atoms with van der Waals surface area (Å²) in [5.74, 6) is 0.00909. The summed E-state index contributed by atoms with van der Waals surface area (Å²) in [4.78, 5) is 16.3. The number of pyridine rings is 1. The number of hydrogen-bond acceptors (Lipinski definition) is 4. The van der Waals surface area contributed by atoms with Crippen LogP contribution >= 0.6 is 11.6 Å². The van der Waals surface area contributed by atoms with Gasteiger partial charge in [-0.25, -0.2) is 4.98 Å². The fourth-order valence-electron chi connectivity index (χ4n) is 1.65. The van der Waals surface area contributed by atoms with Gasteiger partial charge in [0.05, 0.1) is 12.7 Å². The van der Waals surface area contributed by atoms with E-state index in [1.165, 1.54) is 0 Å². The maximum Gasteiger partial charge on any atom is 0.251 e. The smallest absolute Gasteiger partial charge is 0.251 e. The zero-order chi connectivity index (χ0) is 15.1. The Balaban J connectivity index is 2.72. The Labute approximate surface area is 124 Å². The summed E-state index contributed by atoms with van der Waals surface area (Å²) >= 11 is 5.94. The van der Waals surface area contributed by atoms with Gasteiger partial charge in [-0.05, 0) is 18.1 Å². The summed E-state index contributed by atoms with van der Waals surface area (Å²) in [6, 6.07) is 3.31. The van der Waals surface area contributed by atoms with Gasteiger partial charge in [0, 0.05) is 32.0 Å². The molecule has 1 rings (SSSR count). The van der Waals surface area contributed by atoms with Crippen molar-refractivity contribution in [1.29, 1.82) is 0 Å². The van der Waals surface area contributed by atoms with Crippen molar-refractivity contribution in [3.8, 4) is 0 Å². The molecule has 1 unspecified atom stereocenters. The van der Waals surface area contributed by atoms with Crippen molar-refractivity contribution >= 4 is 17.5 Å². The first-order valence-corrected chi connectivity index (χ1v) is 6.83. The maximum atomic E-state index is 12.1. The van der Waals surface area contributed by atoms with E-state index in [1.807, 2.05) is 13.8 Å². The van der Waals surface area contributed by atoms with Crippen LogP contribution in [-0.2, 0) is 9.47 Å². The summed E-state index contributed by atoms with van der Waals surface area (Å²) in [5.41, 5.74) is 1.30. The molecule has 1 aromatic rings. The Hall–Kier alpha value is -1.17. The van der Waals surface area contributed by atoms with Crippen LogP contribution in [0, 0.1) is 0 Å². The number of nitrogens with zero attached hydrogens (tertiary/aromatic N) is 1. The Bertz CT molecular complexity index is 452. The molecule has 5 nitrogen and oxygen atoms in total. The fraction of sp³-hybridized carbons (Fsp3) is 0.571. The van der Waals surface area contributed by atoms with Crippen molar-refractivity contribution in [2.75, 3.05) is 27.4 Å². The molecule has 1 atom stereocenters. The SMILES string of the molecule is COCC(CNC(=O)c1cc(Cl)nc(C(C)C)c1)OC. The topological polar surface area (TPSA) is 60.5 Å². The molecule has 6 heteroatoms. The van der Waals surface area contributed by atoms with Crippen LogP contribution in [0.3, 0.4) is 0 Å². The molecule has 1 N–H and O–H groups in total. The van der Waals surface area contributed by atoms with E-state index in [2.05, 4.69) is 10.3 Å². The van der Waals surface area contributed by atoms with Crippen molar-refractivity contribution in [3.63, 3.8) is 0 Å². The first-order valence-electron chi connectivity index (χ1n) is 6.45. The molecule has 20 heavy (non-hydrogen) atoms. The molecule has 1 heterocycles. The second-order valence-corrected chi connectivity index (χ2v) is 5.17. The Morgan fingerprint density at radius 3 is 2.65 bits per heavy atom. The molecule has 112 valence electrons. The highest BCUT2D eigenvalue weighted by Crippen LogP contribution is 2.17. The first kappa shape index (κ1) is 16.9.